The predicted molar refractivity (Wildman–Crippen MR) is 58.6 cm³/mol. The summed E-state index contributed by atoms with van der Waals surface area (Å²) >= 11 is 0. The van der Waals surface area contributed by atoms with Gasteiger partial charge in [-0.1, -0.05) is 40.0 Å². The molecule has 0 aliphatic heterocycles. The van der Waals surface area contributed by atoms with Crippen molar-refractivity contribution in [3.8, 4) is 0 Å². The third-order valence-electron chi connectivity index (χ3n) is 4.36. The Morgan fingerprint density at radius 3 is 2.15 bits per heavy atom. The molecule has 0 unspecified atom stereocenters. The van der Waals surface area contributed by atoms with Gasteiger partial charge in [0.25, 0.3) is 0 Å². The molecular weight excluding hydrogens is 158 g/mol. The minimum absolute atomic E-state index is 0.433. The summed E-state index contributed by atoms with van der Waals surface area (Å²) in [5.74, 6) is 0. The van der Waals surface area contributed by atoms with E-state index in [1.807, 2.05) is 0 Å². The molecule has 0 amide bonds. The maximum Gasteiger partial charge on any atom is -0.00720 e. The van der Waals surface area contributed by atoms with Crippen molar-refractivity contribution in [1.82, 2.24) is 0 Å². The first-order valence-corrected chi connectivity index (χ1v) is 5.72. The Labute approximate surface area is 83.1 Å². The summed E-state index contributed by atoms with van der Waals surface area (Å²) in [4.78, 5) is 0. The van der Waals surface area contributed by atoms with Gasteiger partial charge in [-0.3, -0.25) is 0 Å². The molecule has 0 aromatic heterocycles. The van der Waals surface area contributed by atoms with E-state index >= 15 is 0 Å². The summed E-state index contributed by atoms with van der Waals surface area (Å²) in [6.07, 6.45) is 8.26. The molecule has 0 saturated heterocycles. The van der Waals surface area contributed by atoms with Gasteiger partial charge in [-0.25, -0.2) is 0 Å². The Morgan fingerprint density at radius 2 is 1.69 bits per heavy atom. The fraction of sp³-hybridized carbons (Fsp3) is 1.00. The van der Waals surface area contributed by atoms with E-state index in [9.17, 15) is 0 Å². The van der Waals surface area contributed by atoms with Crippen LogP contribution in [0.25, 0.3) is 0 Å². The molecule has 0 heterocycles. The lowest BCUT2D eigenvalue weighted by Gasteiger charge is -2.47. The van der Waals surface area contributed by atoms with E-state index in [1.54, 1.807) is 0 Å². The van der Waals surface area contributed by atoms with Gasteiger partial charge in [0.2, 0.25) is 0 Å². The molecule has 1 heteroatoms. The molecule has 1 nitrogen and oxygen atoms in total. The molecule has 78 valence electrons. The van der Waals surface area contributed by atoms with Crippen LogP contribution in [0.1, 0.15) is 59.3 Å². The molecule has 1 fully saturated rings. The average molecular weight is 183 g/mol. The van der Waals surface area contributed by atoms with Crippen molar-refractivity contribution in [3.05, 3.63) is 0 Å². The average Bonchev–Trinajstić information content (AvgIpc) is 2.05. The van der Waals surface area contributed by atoms with Crippen molar-refractivity contribution in [2.45, 2.75) is 59.3 Å². The zero-order valence-electron chi connectivity index (χ0n) is 9.53. The Hall–Kier alpha value is -0.0400. The highest BCUT2D eigenvalue weighted by molar-refractivity contribution is 4.91. The summed E-state index contributed by atoms with van der Waals surface area (Å²) < 4.78 is 0. The maximum absolute atomic E-state index is 5.68. The number of nitrogens with two attached hydrogens (primary N) is 1. The smallest absolute Gasteiger partial charge is 0.00720 e. The topological polar surface area (TPSA) is 26.0 Å². The standard InChI is InChI=1S/C12H25N/c1-11(2,9-10-13)12(3)7-5-4-6-8-12/h4-10,13H2,1-3H3. The van der Waals surface area contributed by atoms with Gasteiger partial charge < -0.3 is 5.73 Å². The third-order valence-corrected chi connectivity index (χ3v) is 4.36. The van der Waals surface area contributed by atoms with E-state index in [-0.39, 0.29) is 0 Å². The summed E-state index contributed by atoms with van der Waals surface area (Å²) in [5.41, 5.74) is 6.66. The monoisotopic (exact) mass is 183 g/mol. The predicted octanol–water partition coefficient (Wildman–Crippen LogP) is 3.33. The SMILES string of the molecule is CC(C)(CCN)C1(C)CCCCC1. The number of rotatable bonds is 3. The quantitative estimate of drug-likeness (QED) is 0.713. The van der Waals surface area contributed by atoms with E-state index in [0.29, 0.717) is 10.8 Å². The molecule has 1 rings (SSSR count). The van der Waals surface area contributed by atoms with Crippen molar-refractivity contribution in [1.29, 1.82) is 0 Å². The molecule has 1 aliphatic rings. The second kappa shape index (κ2) is 4.00. The van der Waals surface area contributed by atoms with Crippen molar-refractivity contribution in [3.63, 3.8) is 0 Å². The van der Waals surface area contributed by atoms with Crippen LogP contribution in [-0.4, -0.2) is 6.54 Å². The van der Waals surface area contributed by atoms with Crippen LogP contribution in [0.15, 0.2) is 0 Å². The summed E-state index contributed by atoms with van der Waals surface area (Å²) in [5, 5.41) is 0. The molecule has 0 radical (unpaired) electrons. The highest BCUT2D eigenvalue weighted by atomic mass is 14.6. The molecule has 0 bridgehead atoms. The van der Waals surface area contributed by atoms with Gasteiger partial charge in [-0.15, -0.1) is 0 Å². The molecule has 13 heavy (non-hydrogen) atoms. The zero-order valence-corrected chi connectivity index (χ0v) is 9.53. The van der Waals surface area contributed by atoms with Crippen molar-refractivity contribution in [2.75, 3.05) is 6.54 Å². The number of hydrogen-bond acceptors (Lipinski definition) is 1. The normalized spacial score (nSPS) is 23.1. The van der Waals surface area contributed by atoms with Crippen molar-refractivity contribution in [2.24, 2.45) is 16.6 Å². The van der Waals surface area contributed by atoms with E-state index in [1.165, 1.54) is 38.5 Å². The molecule has 0 atom stereocenters. The second-order valence-electron chi connectivity index (χ2n) is 5.54. The van der Waals surface area contributed by atoms with Gasteiger partial charge in [-0.05, 0) is 36.6 Å². The minimum atomic E-state index is 0.433. The van der Waals surface area contributed by atoms with Crippen LogP contribution in [0.2, 0.25) is 0 Å². The molecule has 0 aromatic carbocycles. The van der Waals surface area contributed by atoms with Crippen LogP contribution in [0.4, 0.5) is 0 Å². The molecular formula is C12H25N. The van der Waals surface area contributed by atoms with E-state index in [0.717, 1.165) is 6.54 Å². The lowest BCUT2D eigenvalue weighted by Crippen LogP contribution is -2.38. The Balaban J connectivity index is 2.64. The molecule has 0 spiro atoms. The fourth-order valence-electron chi connectivity index (χ4n) is 2.67. The zero-order chi connectivity index (χ0) is 9.95. The third kappa shape index (κ3) is 2.25. The van der Waals surface area contributed by atoms with Crippen LogP contribution in [0.5, 0.6) is 0 Å². The van der Waals surface area contributed by atoms with Gasteiger partial charge >= 0.3 is 0 Å². The van der Waals surface area contributed by atoms with Gasteiger partial charge in [0.15, 0.2) is 0 Å². The van der Waals surface area contributed by atoms with E-state index < -0.39 is 0 Å². The summed E-state index contributed by atoms with van der Waals surface area (Å²) in [6, 6.07) is 0. The Morgan fingerprint density at radius 1 is 1.15 bits per heavy atom. The van der Waals surface area contributed by atoms with E-state index in [4.69, 9.17) is 5.73 Å². The van der Waals surface area contributed by atoms with Gasteiger partial charge in [-0.2, -0.15) is 0 Å². The van der Waals surface area contributed by atoms with E-state index in [2.05, 4.69) is 20.8 Å². The lowest BCUT2D eigenvalue weighted by molar-refractivity contribution is 0.0384. The fourth-order valence-corrected chi connectivity index (χ4v) is 2.67. The van der Waals surface area contributed by atoms with Crippen LogP contribution in [-0.2, 0) is 0 Å². The molecule has 1 saturated carbocycles. The summed E-state index contributed by atoms with van der Waals surface area (Å²) in [7, 11) is 0. The largest absolute Gasteiger partial charge is 0.330 e. The minimum Gasteiger partial charge on any atom is -0.330 e. The maximum atomic E-state index is 5.68. The van der Waals surface area contributed by atoms with Gasteiger partial charge in [0, 0.05) is 0 Å². The Bertz CT molecular complexity index is 155. The first-order valence-electron chi connectivity index (χ1n) is 5.72. The lowest BCUT2D eigenvalue weighted by atomic mass is 9.58. The van der Waals surface area contributed by atoms with Crippen LogP contribution in [0, 0.1) is 10.8 Å². The van der Waals surface area contributed by atoms with Crippen molar-refractivity contribution >= 4 is 0 Å². The molecule has 1 aliphatic carbocycles. The highest BCUT2D eigenvalue weighted by Crippen LogP contribution is 2.50. The van der Waals surface area contributed by atoms with Gasteiger partial charge in [0.05, 0.1) is 0 Å². The van der Waals surface area contributed by atoms with Crippen LogP contribution < -0.4 is 5.73 Å². The molecule has 0 aromatic rings. The van der Waals surface area contributed by atoms with Crippen molar-refractivity contribution < 1.29 is 0 Å². The highest BCUT2D eigenvalue weighted by Gasteiger charge is 2.40. The number of hydrogen-bond donors (Lipinski definition) is 1. The van der Waals surface area contributed by atoms with Crippen LogP contribution in [0.3, 0.4) is 0 Å². The summed E-state index contributed by atoms with van der Waals surface area (Å²) in [6.45, 7) is 8.08. The first kappa shape index (κ1) is 11.0. The van der Waals surface area contributed by atoms with Gasteiger partial charge in [0.1, 0.15) is 0 Å². The first-order chi connectivity index (χ1) is 6.02. The second-order valence-corrected chi connectivity index (χ2v) is 5.54. The Kier molecular flexibility index (Phi) is 3.39. The van der Waals surface area contributed by atoms with Crippen LogP contribution >= 0.6 is 0 Å². The molecule has 2 N–H and O–H groups in total.